The minimum Gasteiger partial charge on any atom is -0.490 e. The molecule has 1 heterocycles. The summed E-state index contributed by atoms with van der Waals surface area (Å²) in [6.45, 7) is 3.68. The molecule has 4 nitrogen and oxygen atoms in total. The summed E-state index contributed by atoms with van der Waals surface area (Å²) < 4.78 is 11.2. The highest BCUT2D eigenvalue weighted by Gasteiger charge is 2.21. The lowest BCUT2D eigenvalue weighted by Crippen LogP contribution is -2.40. The van der Waals surface area contributed by atoms with Crippen LogP contribution in [0.1, 0.15) is 18.9 Å². The van der Waals surface area contributed by atoms with Gasteiger partial charge in [-0.2, -0.15) is 0 Å². The maximum absolute atomic E-state index is 6.09. The van der Waals surface area contributed by atoms with Gasteiger partial charge in [-0.15, -0.1) is 0 Å². The molecule has 0 saturated carbocycles. The van der Waals surface area contributed by atoms with Crippen LogP contribution in [0.25, 0.3) is 0 Å². The molecule has 0 aromatic heterocycles. The Kier molecular flexibility index (Phi) is 3.03. The molecule has 0 saturated heterocycles. The molecule has 1 aromatic carbocycles. The molecule has 4 N–H and O–H groups in total. The quantitative estimate of drug-likeness (QED) is 0.782. The molecule has 0 fully saturated rings. The molecule has 0 radical (unpaired) electrons. The first kappa shape index (κ1) is 11.2. The number of benzene rings is 1. The largest absolute Gasteiger partial charge is 0.490 e. The van der Waals surface area contributed by atoms with Crippen LogP contribution in [0.4, 0.5) is 0 Å². The normalized spacial score (nSPS) is 18.7. The predicted molar refractivity (Wildman–Crippen MR) is 62.6 cm³/mol. The van der Waals surface area contributed by atoms with Crippen molar-refractivity contribution in [2.45, 2.75) is 18.9 Å². The minimum absolute atomic E-state index is 0.395. The molecule has 4 heteroatoms. The fourth-order valence-electron chi connectivity index (χ4n) is 1.64. The second kappa shape index (κ2) is 4.31. The Balaban J connectivity index is 2.34. The monoisotopic (exact) mass is 222 g/mol. The SMILES string of the molecule is CC(N)(CN)c1ccc2c(c1)OCCCO2. The third-order valence-electron chi connectivity index (χ3n) is 2.83. The Morgan fingerprint density at radius 2 is 1.94 bits per heavy atom. The van der Waals surface area contributed by atoms with Gasteiger partial charge in [-0.25, -0.2) is 0 Å². The van der Waals surface area contributed by atoms with Crippen molar-refractivity contribution in [2.75, 3.05) is 19.8 Å². The Labute approximate surface area is 95.5 Å². The first-order valence-corrected chi connectivity index (χ1v) is 5.52. The molecule has 1 aliphatic rings. The smallest absolute Gasteiger partial charge is 0.161 e. The van der Waals surface area contributed by atoms with Crippen molar-refractivity contribution in [2.24, 2.45) is 11.5 Å². The highest BCUT2D eigenvalue weighted by molar-refractivity contribution is 5.45. The number of nitrogens with two attached hydrogens (primary N) is 2. The van der Waals surface area contributed by atoms with E-state index in [9.17, 15) is 0 Å². The Morgan fingerprint density at radius 1 is 1.25 bits per heavy atom. The van der Waals surface area contributed by atoms with Gasteiger partial charge in [0.25, 0.3) is 0 Å². The van der Waals surface area contributed by atoms with Crippen molar-refractivity contribution in [3.63, 3.8) is 0 Å². The van der Waals surface area contributed by atoms with E-state index in [1.54, 1.807) is 0 Å². The number of ether oxygens (including phenoxy) is 2. The van der Waals surface area contributed by atoms with E-state index >= 15 is 0 Å². The van der Waals surface area contributed by atoms with Gasteiger partial charge in [0.05, 0.1) is 18.8 Å². The summed E-state index contributed by atoms with van der Waals surface area (Å²) in [7, 11) is 0. The number of hydrogen-bond donors (Lipinski definition) is 2. The lowest BCUT2D eigenvalue weighted by atomic mass is 9.93. The fraction of sp³-hybridized carbons (Fsp3) is 0.500. The molecule has 1 aliphatic heterocycles. The molecule has 0 bridgehead atoms. The van der Waals surface area contributed by atoms with Gasteiger partial charge < -0.3 is 20.9 Å². The zero-order chi connectivity index (χ0) is 11.6. The molecule has 0 spiro atoms. The molecular weight excluding hydrogens is 204 g/mol. The van der Waals surface area contributed by atoms with Crippen LogP contribution in [0, 0.1) is 0 Å². The molecule has 2 rings (SSSR count). The summed E-state index contributed by atoms with van der Waals surface area (Å²) in [6.07, 6.45) is 0.904. The molecule has 88 valence electrons. The van der Waals surface area contributed by atoms with E-state index in [2.05, 4.69) is 0 Å². The standard InChI is InChI=1S/C12H18N2O2/c1-12(14,8-13)9-3-4-10-11(7-9)16-6-2-5-15-10/h3-4,7H,2,5-6,8,13-14H2,1H3. The third-order valence-corrected chi connectivity index (χ3v) is 2.83. The molecule has 16 heavy (non-hydrogen) atoms. The second-order valence-corrected chi connectivity index (χ2v) is 4.33. The van der Waals surface area contributed by atoms with Crippen LogP contribution in [0.5, 0.6) is 11.5 Å². The van der Waals surface area contributed by atoms with E-state index in [-0.39, 0.29) is 0 Å². The maximum atomic E-state index is 6.09. The first-order chi connectivity index (χ1) is 7.63. The van der Waals surface area contributed by atoms with Crippen molar-refractivity contribution in [3.8, 4) is 11.5 Å². The zero-order valence-corrected chi connectivity index (χ0v) is 9.53. The van der Waals surface area contributed by atoms with Gasteiger partial charge in [-0.1, -0.05) is 6.07 Å². The topological polar surface area (TPSA) is 70.5 Å². The lowest BCUT2D eigenvalue weighted by Gasteiger charge is -2.24. The van der Waals surface area contributed by atoms with Crippen LogP contribution in [0.15, 0.2) is 18.2 Å². The highest BCUT2D eigenvalue weighted by Crippen LogP contribution is 2.32. The highest BCUT2D eigenvalue weighted by atomic mass is 16.5. The minimum atomic E-state index is -0.523. The van der Waals surface area contributed by atoms with Crippen LogP contribution < -0.4 is 20.9 Å². The zero-order valence-electron chi connectivity index (χ0n) is 9.53. The molecule has 1 atom stereocenters. The van der Waals surface area contributed by atoms with Crippen LogP contribution in [-0.4, -0.2) is 19.8 Å². The average molecular weight is 222 g/mol. The summed E-state index contributed by atoms with van der Waals surface area (Å²) in [4.78, 5) is 0. The first-order valence-electron chi connectivity index (χ1n) is 5.52. The Morgan fingerprint density at radius 3 is 2.62 bits per heavy atom. The number of fused-ring (bicyclic) bond motifs is 1. The molecule has 0 aliphatic carbocycles. The van der Waals surface area contributed by atoms with E-state index in [0.717, 1.165) is 23.5 Å². The molecule has 0 amide bonds. The molecular formula is C12H18N2O2. The van der Waals surface area contributed by atoms with Crippen molar-refractivity contribution in [3.05, 3.63) is 23.8 Å². The van der Waals surface area contributed by atoms with Crippen LogP contribution in [0.3, 0.4) is 0 Å². The molecule has 1 unspecified atom stereocenters. The van der Waals surface area contributed by atoms with Crippen molar-refractivity contribution < 1.29 is 9.47 Å². The maximum Gasteiger partial charge on any atom is 0.161 e. The van der Waals surface area contributed by atoms with Crippen molar-refractivity contribution in [1.29, 1.82) is 0 Å². The van der Waals surface area contributed by atoms with Gasteiger partial charge in [0.2, 0.25) is 0 Å². The van der Waals surface area contributed by atoms with Gasteiger partial charge >= 0.3 is 0 Å². The van der Waals surface area contributed by atoms with E-state index < -0.39 is 5.54 Å². The van der Waals surface area contributed by atoms with Gasteiger partial charge in [-0.05, 0) is 24.6 Å². The summed E-state index contributed by atoms with van der Waals surface area (Å²) in [5.74, 6) is 1.55. The van der Waals surface area contributed by atoms with E-state index in [0.29, 0.717) is 19.8 Å². The average Bonchev–Trinajstić information content (AvgIpc) is 2.53. The van der Waals surface area contributed by atoms with Crippen molar-refractivity contribution in [1.82, 2.24) is 0 Å². The summed E-state index contributed by atoms with van der Waals surface area (Å²) >= 11 is 0. The van der Waals surface area contributed by atoms with Crippen LogP contribution in [-0.2, 0) is 5.54 Å². The Hall–Kier alpha value is -1.26. The van der Waals surface area contributed by atoms with Crippen LogP contribution in [0.2, 0.25) is 0 Å². The van der Waals surface area contributed by atoms with E-state index in [1.165, 1.54) is 0 Å². The number of rotatable bonds is 2. The fourth-order valence-corrected chi connectivity index (χ4v) is 1.64. The predicted octanol–water partition coefficient (Wildman–Crippen LogP) is 0.981. The lowest BCUT2D eigenvalue weighted by molar-refractivity contribution is 0.296. The summed E-state index contributed by atoms with van der Waals surface area (Å²) in [6, 6.07) is 5.77. The van der Waals surface area contributed by atoms with E-state index in [1.807, 2.05) is 25.1 Å². The second-order valence-electron chi connectivity index (χ2n) is 4.33. The number of hydrogen-bond acceptors (Lipinski definition) is 4. The summed E-state index contributed by atoms with van der Waals surface area (Å²) in [5.41, 5.74) is 12.2. The summed E-state index contributed by atoms with van der Waals surface area (Å²) in [5, 5.41) is 0. The van der Waals surface area contributed by atoms with Gasteiger partial charge in [-0.3, -0.25) is 0 Å². The van der Waals surface area contributed by atoms with Crippen molar-refractivity contribution >= 4 is 0 Å². The third kappa shape index (κ3) is 2.13. The van der Waals surface area contributed by atoms with Gasteiger partial charge in [0.15, 0.2) is 11.5 Å². The van der Waals surface area contributed by atoms with Gasteiger partial charge in [0, 0.05) is 13.0 Å². The van der Waals surface area contributed by atoms with Crippen LogP contribution >= 0.6 is 0 Å². The van der Waals surface area contributed by atoms with E-state index in [4.69, 9.17) is 20.9 Å². The Bertz CT molecular complexity index is 377. The van der Waals surface area contributed by atoms with Gasteiger partial charge in [0.1, 0.15) is 0 Å². The molecule has 1 aromatic rings.